The number of rotatable bonds is 6. The van der Waals surface area contributed by atoms with Crippen LogP contribution in [0.5, 0.6) is 0 Å². The van der Waals surface area contributed by atoms with Gasteiger partial charge < -0.3 is 14.6 Å². The van der Waals surface area contributed by atoms with Crippen molar-refractivity contribution < 1.29 is 14.0 Å². The fourth-order valence-corrected chi connectivity index (χ4v) is 1.52. The van der Waals surface area contributed by atoms with Crippen molar-refractivity contribution in [3.05, 3.63) is 59.0 Å². The molecule has 1 heterocycles. The molecule has 6 heteroatoms. The average molecular weight is 293 g/mol. The first kappa shape index (κ1) is 14.1. The van der Waals surface area contributed by atoms with E-state index in [0.717, 1.165) is 5.56 Å². The second-order valence-corrected chi connectivity index (χ2v) is 4.35. The normalized spacial score (nSPS) is 10.7. The maximum absolute atomic E-state index is 11.4. The summed E-state index contributed by atoms with van der Waals surface area (Å²) in [6.45, 7) is 0.181. The summed E-state index contributed by atoms with van der Waals surface area (Å²) in [5.74, 6) is 0.415. The number of nitrogens with one attached hydrogen (secondary N) is 1. The van der Waals surface area contributed by atoms with Crippen LogP contribution in [0.15, 0.2) is 52.2 Å². The molecule has 2 rings (SSSR count). The van der Waals surface area contributed by atoms with Crippen LogP contribution in [0.3, 0.4) is 0 Å². The van der Waals surface area contributed by atoms with Crippen molar-refractivity contribution in [3.8, 4) is 0 Å². The third-order valence-corrected chi connectivity index (χ3v) is 2.63. The molecule has 2 aromatic rings. The molecule has 1 N–H and O–H groups in total. The molecule has 5 nitrogen and oxygen atoms in total. The number of nitrogens with zero attached hydrogens (tertiary/aromatic N) is 1. The van der Waals surface area contributed by atoms with Gasteiger partial charge in [-0.3, -0.25) is 4.79 Å². The molecule has 20 heavy (non-hydrogen) atoms. The minimum atomic E-state index is -0.269. The number of hydrogen-bond donors (Lipinski definition) is 1. The molecule has 0 fully saturated rings. The van der Waals surface area contributed by atoms with Gasteiger partial charge in [0.05, 0.1) is 19.0 Å². The van der Waals surface area contributed by atoms with Crippen LogP contribution in [0, 0.1) is 0 Å². The van der Waals surface area contributed by atoms with Crippen molar-refractivity contribution in [2.45, 2.75) is 6.54 Å². The van der Waals surface area contributed by atoms with Gasteiger partial charge in [0.15, 0.2) is 6.61 Å². The number of carbonyl (C=O) groups excluding carboxylic acids is 1. The predicted octanol–water partition coefficient (Wildman–Crippen LogP) is 2.60. The van der Waals surface area contributed by atoms with Gasteiger partial charge in [0.1, 0.15) is 5.76 Å². The molecule has 104 valence electrons. The first-order valence-electron chi connectivity index (χ1n) is 5.94. The molecular weight excluding hydrogens is 280 g/mol. The molecule has 0 aliphatic heterocycles. The molecule has 0 aliphatic carbocycles. The molecule has 0 atom stereocenters. The summed E-state index contributed by atoms with van der Waals surface area (Å²) in [5, 5.41) is 7.00. The third-order valence-electron chi connectivity index (χ3n) is 2.38. The number of halogens is 1. The van der Waals surface area contributed by atoms with E-state index < -0.39 is 0 Å². The van der Waals surface area contributed by atoms with Crippen LogP contribution in [-0.2, 0) is 16.2 Å². The first-order valence-corrected chi connectivity index (χ1v) is 6.32. The SMILES string of the molecule is O=C(CO/N=C/c1ccc(Cl)cc1)NCc1ccco1. The lowest BCUT2D eigenvalue weighted by molar-refractivity contribution is -0.125. The van der Waals surface area contributed by atoms with Gasteiger partial charge in [0, 0.05) is 5.02 Å². The minimum absolute atomic E-state index is 0.148. The Morgan fingerprint density at radius 1 is 1.35 bits per heavy atom. The van der Waals surface area contributed by atoms with Gasteiger partial charge in [-0.05, 0) is 29.8 Å². The van der Waals surface area contributed by atoms with Gasteiger partial charge in [0.25, 0.3) is 5.91 Å². The maximum atomic E-state index is 11.4. The van der Waals surface area contributed by atoms with Crippen molar-refractivity contribution in [1.29, 1.82) is 0 Å². The predicted molar refractivity (Wildman–Crippen MR) is 75.6 cm³/mol. The van der Waals surface area contributed by atoms with E-state index in [9.17, 15) is 4.79 Å². The van der Waals surface area contributed by atoms with Crippen molar-refractivity contribution >= 4 is 23.7 Å². The second kappa shape index (κ2) is 7.35. The van der Waals surface area contributed by atoms with Crippen LogP contribution in [0.25, 0.3) is 0 Å². The Morgan fingerprint density at radius 3 is 2.85 bits per heavy atom. The Labute approximate surface area is 121 Å². The third kappa shape index (κ3) is 4.78. The summed E-state index contributed by atoms with van der Waals surface area (Å²) in [7, 11) is 0. The molecule has 0 spiro atoms. The van der Waals surface area contributed by atoms with E-state index in [1.165, 1.54) is 6.21 Å². The molecular formula is C14H13ClN2O3. The summed E-state index contributed by atoms with van der Waals surface area (Å²) in [6.07, 6.45) is 3.06. The Kier molecular flexibility index (Phi) is 5.20. The van der Waals surface area contributed by atoms with Crippen molar-refractivity contribution in [2.75, 3.05) is 6.61 Å². The lowest BCUT2D eigenvalue weighted by Crippen LogP contribution is -2.26. The van der Waals surface area contributed by atoms with Crippen LogP contribution in [-0.4, -0.2) is 18.7 Å². The lowest BCUT2D eigenvalue weighted by atomic mass is 10.2. The lowest BCUT2D eigenvalue weighted by Gasteiger charge is -2.01. The highest BCUT2D eigenvalue weighted by molar-refractivity contribution is 6.30. The second-order valence-electron chi connectivity index (χ2n) is 3.92. The summed E-state index contributed by atoms with van der Waals surface area (Å²) < 4.78 is 5.08. The Bertz CT molecular complexity index is 565. The maximum Gasteiger partial charge on any atom is 0.261 e. The highest BCUT2D eigenvalue weighted by Crippen LogP contribution is 2.07. The van der Waals surface area contributed by atoms with Crippen molar-refractivity contribution in [2.24, 2.45) is 5.16 Å². The van der Waals surface area contributed by atoms with E-state index in [1.54, 1.807) is 42.7 Å². The van der Waals surface area contributed by atoms with Gasteiger partial charge in [-0.15, -0.1) is 0 Å². The van der Waals surface area contributed by atoms with Crippen LogP contribution in [0.4, 0.5) is 0 Å². The highest BCUT2D eigenvalue weighted by atomic mass is 35.5. The number of oxime groups is 1. The number of hydrogen-bond acceptors (Lipinski definition) is 4. The van der Waals surface area contributed by atoms with Gasteiger partial charge >= 0.3 is 0 Å². The summed E-state index contributed by atoms with van der Waals surface area (Å²) >= 11 is 5.76. The van der Waals surface area contributed by atoms with Crippen LogP contribution in [0.1, 0.15) is 11.3 Å². The fraction of sp³-hybridized carbons (Fsp3) is 0.143. The number of benzene rings is 1. The Hall–Kier alpha value is -2.27. The molecule has 0 radical (unpaired) electrons. The zero-order valence-corrected chi connectivity index (χ0v) is 11.3. The number of carbonyl (C=O) groups is 1. The zero-order chi connectivity index (χ0) is 14.2. The van der Waals surface area contributed by atoms with E-state index in [0.29, 0.717) is 17.3 Å². The molecule has 0 saturated carbocycles. The van der Waals surface area contributed by atoms with Crippen LogP contribution < -0.4 is 5.32 Å². The van der Waals surface area contributed by atoms with Crippen molar-refractivity contribution in [3.63, 3.8) is 0 Å². The molecule has 0 bridgehead atoms. The highest BCUT2D eigenvalue weighted by Gasteiger charge is 2.02. The smallest absolute Gasteiger partial charge is 0.261 e. The first-order chi connectivity index (χ1) is 9.74. The number of amides is 1. The average Bonchev–Trinajstić information content (AvgIpc) is 2.96. The Balaban J connectivity index is 1.67. The number of furan rings is 1. The zero-order valence-electron chi connectivity index (χ0n) is 10.6. The largest absolute Gasteiger partial charge is 0.467 e. The topological polar surface area (TPSA) is 63.8 Å². The van der Waals surface area contributed by atoms with Gasteiger partial charge in [0.2, 0.25) is 0 Å². The monoisotopic (exact) mass is 292 g/mol. The van der Waals surface area contributed by atoms with Gasteiger partial charge in [-0.1, -0.05) is 28.9 Å². The molecule has 1 aromatic carbocycles. The van der Waals surface area contributed by atoms with Crippen LogP contribution in [0.2, 0.25) is 5.02 Å². The Morgan fingerprint density at radius 2 is 2.15 bits per heavy atom. The van der Waals surface area contributed by atoms with E-state index in [-0.39, 0.29) is 12.5 Å². The molecule has 0 saturated heterocycles. The van der Waals surface area contributed by atoms with E-state index in [4.69, 9.17) is 20.9 Å². The van der Waals surface area contributed by atoms with Crippen molar-refractivity contribution in [1.82, 2.24) is 5.32 Å². The van der Waals surface area contributed by atoms with Gasteiger partial charge in [-0.2, -0.15) is 0 Å². The molecule has 0 aliphatic rings. The minimum Gasteiger partial charge on any atom is -0.467 e. The summed E-state index contributed by atoms with van der Waals surface area (Å²) in [6, 6.07) is 10.6. The van der Waals surface area contributed by atoms with Crippen LogP contribution >= 0.6 is 11.6 Å². The molecule has 1 amide bonds. The van der Waals surface area contributed by atoms with Gasteiger partial charge in [-0.25, -0.2) is 0 Å². The van der Waals surface area contributed by atoms with E-state index in [1.807, 2.05) is 0 Å². The summed E-state index contributed by atoms with van der Waals surface area (Å²) in [4.78, 5) is 16.3. The molecule has 1 aromatic heterocycles. The molecule has 0 unspecified atom stereocenters. The summed E-state index contributed by atoms with van der Waals surface area (Å²) in [5.41, 5.74) is 0.838. The standard InChI is InChI=1S/C14H13ClN2O3/c15-12-5-3-11(4-6-12)8-17-20-10-14(18)16-9-13-2-1-7-19-13/h1-8H,9-10H2,(H,16,18)/b17-8+. The van der Waals surface area contributed by atoms with E-state index >= 15 is 0 Å². The van der Waals surface area contributed by atoms with E-state index in [2.05, 4.69) is 10.5 Å². The fourth-order valence-electron chi connectivity index (χ4n) is 1.39. The quantitative estimate of drug-likeness (QED) is 0.657.